The van der Waals surface area contributed by atoms with Crippen LogP contribution in [0.1, 0.15) is 18.9 Å². The highest BCUT2D eigenvalue weighted by Crippen LogP contribution is 2.14. The van der Waals surface area contributed by atoms with Crippen LogP contribution in [0.25, 0.3) is 0 Å². The highest BCUT2D eigenvalue weighted by molar-refractivity contribution is 5.19. The summed E-state index contributed by atoms with van der Waals surface area (Å²) in [7, 11) is 0. The quantitative estimate of drug-likeness (QED) is 0.436. The molecule has 0 saturated carbocycles. The zero-order valence-electron chi connectivity index (χ0n) is 9.88. The molecule has 0 bridgehead atoms. The van der Waals surface area contributed by atoms with Crippen LogP contribution >= 0.6 is 0 Å². The summed E-state index contributed by atoms with van der Waals surface area (Å²) in [6.07, 6.45) is 0.994. The van der Waals surface area contributed by atoms with E-state index in [-0.39, 0.29) is 6.04 Å². The zero-order chi connectivity index (χ0) is 12.7. The number of rotatable bonds is 7. The Morgan fingerprint density at radius 1 is 1.41 bits per heavy atom. The summed E-state index contributed by atoms with van der Waals surface area (Å²) in [5.41, 5.74) is 2.91. The summed E-state index contributed by atoms with van der Waals surface area (Å²) in [6.45, 7) is 3.07. The normalized spacial score (nSPS) is 12.7. The van der Waals surface area contributed by atoms with Crippen molar-refractivity contribution >= 4 is 0 Å². The molecule has 3 N–H and O–H groups in total. The van der Waals surface area contributed by atoms with E-state index >= 15 is 0 Å². The van der Waals surface area contributed by atoms with E-state index in [4.69, 9.17) is 10.6 Å². The molecule has 1 aromatic carbocycles. The topological polar surface area (TPSA) is 47.3 Å². The first-order valence-corrected chi connectivity index (χ1v) is 5.65. The first-order chi connectivity index (χ1) is 8.19. The highest BCUT2D eigenvalue weighted by Gasteiger charge is 2.13. The van der Waals surface area contributed by atoms with Crippen LogP contribution in [0.4, 0.5) is 8.78 Å². The molecule has 0 aliphatic heterocycles. The van der Waals surface area contributed by atoms with Gasteiger partial charge in [-0.15, -0.1) is 0 Å². The third-order valence-electron chi connectivity index (χ3n) is 2.55. The summed E-state index contributed by atoms with van der Waals surface area (Å²) in [4.78, 5) is 0. The van der Waals surface area contributed by atoms with E-state index in [2.05, 4.69) is 5.43 Å². The van der Waals surface area contributed by atoms with Crippen LogP contribution in [0.2, 0.25) is 0 Å². The van der Waals surface area contributed by atoms with Crippen molar-refractivity contribution in [1.82, 2.24) is 5.43 Å². The third-order valence-corrected chi connectivity index (χ3v) is 2.55. The van der Waals surface area contributed by atoms with Crippen molar-refractivity contribution < 1.29 is 13.5 Å². The van der Waals surface area contributed by atoms with Crippen molar-refractivity contribution in [3.63, 3.8) is 0 Å². The van der Waals surface area contributed by atoms with Gasteiger partial charge in [-0.2, -0.15) is 0 Å². The molecule has 3 nitrogen and oxygen atoms in total. The number of halogens is 2. The fourth-order valence-electron chi connectivity index (χ4n) is 1.59. The number of hydrogen-bond acceptors (Lipinski definition) is 3. The Labute approximate surface area is 99.9 Å². The fraction of sp³-hybridized carbons (Fsp3) is 0.500. The summed E-state index contributed by atoms with van der Waals surface area (Å²) >= 11 is 0. The molecular weight excluding hydrogens is 226 g/mol. The van der Waals surface area contributed by atoms with Crippen molar-refractivity contribution in [1.29, 1.82) is 0 Å². The van der Waals surface area contributed by atoms with Crippen molar-refractivity contribution in [2.24, 2.45) is 5.84 Å². The number of nitrogens with one attached hydrogen (secondary N) is 1. The van der Waals surface area contributed by atoms with Crippen molar-refractivity contribution in [3.05, 3.63) is 35.4 Å². The molecule has 0 aliphatic rings. The lowest BCUT2D eigenvalue weighted by molar-refractivity contribution is 0.136. The molecule has 17 heavy (non-hydrogen) atoms. The van der Waals surface area contributed by atoms with E-state index < -0.39 is 11.6 Å². The number of hydrogen-bond donors (Lipinski definition) is 2. The SMILES string of the molecule is CCOCCC(Cc1cccc(F)c1F)NN. The summed E-state index contributed by atoms with van der Waals surface area (Å²) < 4.78 is 31.6. The summed E-state index contributed by atoms with van der Waals surface area (Å²) in [6, 6.07) is 4.02. The van der Waals surface area contributed by atoms with Crippen LogP contribution in [0.15, 0.2) is 18.2 Å². The summed E-state index contributed by atoms with van der Waals surface area (Å²) in [5, 5.41) is 0. The Balaban J connectivity index is 2.57. The maximum Gasteiger partial charge on any atom is 0.162 e. The van der Waals surface area contributed by atoms with Gasteiger partial charge in [0.1, 0.15) is 0 Å². The minimum Gasteiger partial charge on any atom is -0.382 e. The Kier molecular flexibility index (Phi) is 6.04. The van der Waals surface area contributed by atoms with E-state index in [1.807, 2.05) is 6.92 Å². The smallest absolute Gasteiger partial charge is 0.162 e. The monoisotopic (exact) mass is 244 g/mol. The van der Waals surface area contributed by atoms with Gasteiger partial charge in [-0.05, 0) is 31.4 Å². The van der Waals surface area contributed by atoms with Gasteiger partial charge in [0.2, 0.25) is 0 Å². The Hall–Kier alpha value is -1.04. The second kappa shape index (κ2) is 7.32. The predicted molar refractivity (Wildman–Crippen MR) is 62.3 cm³/mol. The molecule has 0 heterocycles. The first kappa shape index (κ1) is 14.0. The number of hydrazine groups is 1. The minimum absolute atomic E-state index is 0.127. The predicted octanol–water partition coefficient (Wildman–Crippen LogP) is 1.77. The molecular formula is C12H18F2N2O. The molecule has 0 aromatic heterocycles. The van der Waals surface area contributed by atoms with Gasteiger partial charge in [-0.3, -0.25) is 11.3 Å². The van der Waals surface area contributed by atoms with E-state index in [9.17, 15) is 8.78 Å². The minimum atomic E-state index is -0.830. The van der Waals surface area contributed by atoms with Gasteiger partial charge < -0.3 is 4.74 Å². The van der Waals surface area contributed by atoms with Gasteiger partial charge in [-0.25, -0.2) is 8.78 Å². The fourth-order valence-corrected chi connectivity index (χ4v) is 1.59. The molecule has 0 fully saturated rings. The molecule has 0 saturated heterocycles. The third kappa shape index (κ3) is 4.38. The van der Waals surface area contributed by atoms with Crippen molar-refractivity contribution in [3.8, 4) is 0 Å². The molecule has 5 heteroatoms. The van der Waals surface area contributed by atoms with E-state index in [0.717, 1.165) is 6.07 Å². The van der Waals surface area contributed by atoms with Crippen molar-refractivity contribution in [2.75, 3.05) is 13.2 Å². The van der Waals surface area contributed by atoms with Gasteiger partial charge in [-0.1, -0.05) is 12.1 Å². The Morgan fingerprint density at radius 3 is 2.82 bits per heavy atom. The highest BCUT2D eigenvalue weighted by atomic mass is 19.2. The Bertz CT molecular complexity index is 347. The Morgan fingerprint density at radius 2 is 2.18 bits per heavy atom. The number of benzene rings is 1. The average molecular weight is 244 g/mol. The first-order valence-electron chi connectivity index (χ1n) is 5.65. The van der Waals surface area contributed by atoms with Crippen LogP contribution in [-0.2, 0) is 11.2 Å². The van der Waals surface area contributed by atoms with Crippen LogP contribution in [0, 0.1) is 11.6 Å². The second-order valence-corrected chi connectivity index (χ2v) is 3.77. The molecule has 1 rings (SSSR count). The lowest BCUT2D eigenvalue weighted by atomic mass is 10.0. The zero-order valence-corrected chi connectivity index (χ0v) is 9.88. The van der Waals surface area contributed by atoms with E-state index in [0.29, 0.717) is 31.6 Å². The summed E-state index contributed by atoms with van der Waals surface area (Å²) in [5.74, 6) is 3.74. The van der Waals surface area contributed by atoms with Gasteiger partial charge in [0.25, 0.3) is 0 Å². The second-order valence-electron chi connectivity index (χ2n) is 3.77. The van der Waals surface area contributed by atoms with Crippen LogP contribution in [0.5, 0.6) is 0 Å². The van der Waals surface area contributed by atoms with E-state index in [1.165, 1.54) is 6.07 Å². The largest absolute Gasteiger partial charge is 0.382 e. The molecule has 0 radical (unpaired) electrons. The van der Waals surface area contributed by atoms with Gasteiger partial charge >= 0.3 is 0 Å². The standard InChI is InChI=1S/C12H18F2N2O/c1-2-17-7-6-10(16-15)8-9-4-3-5-11(13)12(9)14/h3-5,10,16H,2,6-8,15H2,1H3. The van der Waals surface area contributed by atoms with Gasteiger partial charge in [0, 0.05) is 19.3 Å². The molecule has 1 aromatic rings. The molecule has 1 unspecified atom stereocenters. The van der Waals surface area contributed by atoms with Gasteiger partial charge in [0.15, 0.2) is 11.6 Å². The molecule has 1 atom stereocenters. The molecule has 0 aliphatic carbocycles. The average Bonchev–Trinajstić information content (AvgIpc) is 2.33. The molecule has 0 spiro atoms. The van der Waals surface area contributed by atoms with Crippen LogP contribution in [-0.4, -0.2) is 19.3 Å². The lowest BCUT2D eigenvalue weighted by Crippen LogP contribution is -2.37. The van der Waals surface area contributed by atoms with Crippen LogP contribution < -0.4 is 11.3 Å². The number of ether oxygens (including phenoxy) is 1. The number of nitrogens with two attached hydrogens (primary N) is 1. The maximum absolute atomic E-state index is 13.4. The molecule has 96 valence electrons. The molecule has 0 amide bonds. The lowest BCUT2D eigenvalue weighted by Gasteiger charge is -2.16. The van der Waals surface area contributed by atoms with Crippen molar-refractivity contribution in [2.45, 2.75) is 25.8 Å². The maximum atomic E-state index is 13.4. The van der Waals surface area contributed by atoms with E-state index in [1.54, 1.807) is 6.07 Å². The van der Waals surface area contributed by atoms with Crippen LogP contribution in [0.3, 0.4) is 0 Å². The van der Waals surface area contributed by atoms with Gasteiger partial charge in [0.05, 0.1) is 0 Å².